The first kappa shape index (κ1) is 13.7. The highest BCUT2D eigenvalue weighted by molar-refractivity contribution is 6.31. The summed E-state index contributed by atoms with van der Waals surface area (Å²) in [6.45, 7) is 2.30. The summed E-state index contributed by atoms with van der Waals surface area (Å²) in [4.78, 5) is 0. The van der Waals surface area contributed by atoms with Crippen LogP contribution in [0.25, 0.3) is 0 Å². The molecule has 0 aliphatic rings. The molecule has 0 spiro atoms. The summed E-state index contributed by atoms with van der Waals surface area (Å²) in [5.74, 6) is 0.528. The molecule has 2 rings (SSSR count). The zero-order valence-electron chi connectivity index (χ0n) is 10.8. The Morgan fingerprint density at radius 3 is 2.68 bits per heavy atom. The molecule has 0 saturated carbocycles. The second-order valence-corrected chi connectivity index (χ2v) is 4.65. The number of aryl methyl sites for hydroxylation is 1. The van der Waals surface area contributed by atoms with E-state index >= 15 is 0 Å². The Morgan fingerprint density at radius 2 is 2.05 bits per heavy atom. The lowest BCUT2D eigenvalue weighted by Gasteiger charge is -2.11. The molecule has 0 amide bonds. The highest BCUT2D eigenvalue weighted by atomic mass is 35.5. The van der Waals surface area contributed by atoms with E-state index in [9.17, 15) is 4.39 Å². The molecule has 0 aliphatic carbocycles. The number of halogens is 2. The third-order valence-electron chi connectivity index (χ3n) is 2.93. The van der Waals surface area contributed by atoms with E-state index in [0.29, 0.717) is 17.1 Å². The van der Waals surface area contributed by atoms with Crippen LogP contribution in [0.4, 0.5) is 10.1 Å². The normalized spacial score (nSPS) is 10.3. The van der Waals surface area contributed by atoms with Gasteiger partial charge in [-0.3, -0.25) is 0 Å². The van der Waals surface area contributed by atoms with Crippen molar-refractivity contribution in [2.24, 2.45) is 0 Å². The molecule has 19 heavy (non-hydrogen) atoms. The Morgan fingerprint density at radius 1 is 1.26 bits per heavy atom. The molecule has 0 unspecified atom stereocenters. The molecule has 0 fully saturated rings. The summed E-state index contributed by atoms with van der Waals surface area (Å²) in [6, 6.07) is 10.4. The lowest BCUT2D eigenvalue weighted by molar-refractivity contribution is 0.412. The molecule has 2 aromatic rings. The Bertz CT molecular complexity index is 566. The minimum atomic E-state index is -0.301. The topological polar surface area (TPSA) is 21.3 Å². The molecule has 2 aromatic carbocycles. The Balaban J connectivity index is 2.13. The molecule has 1 N–H and O–H groups in total. The first-order chi connectivity index (χ1) is 9.11. The fourth-order valence-electron chi connectivity index (χ4n) is 1.88. The van der Waals surface area contributed by atoms with Gasteiger partial charge in [0.2, 0.25) is 0 Å². The van der Waals surface area contributed by atoms with Gasteiger partial charge in [-0.05, 0) is 42.8 Å². The van der Waals surface area contributed by atoms with Crippen molar-refractivity contribution < 1.29 is 9.13 Å². The van der Waals surface area contributed by atoms with Crippen LogP contribution in [0.15, 0.2) is 36.4 Å². The van der Waals surface area contributed by atoms with Gasteiger partial charge in [-0.1, -0.05) is 17.7 Å². The quantitative estimate of drug-likeness (QED) is 0.895. The van der Waals surface area contributed by atoms with Crippen LogP contribution in [0, 0.1) is 12.7 Å². The van der Waals surface area contributed by atoms with E-state index in [1.165, 1.54) is 6.07 Å². The van der Waals surface area contributed by atoms with Crippen molar-refractivity contribution in [1.29, 1.82) is 0 Å². The standard InChI is InChI=1S/C15H15ClFNO/c1-10-8-11(6-7-15(10)19-2)18-9-12-13(16)4-3-5-14(12)17/h3-8,18H,9H2,1-2H3. The molecule has 0 aromatic heterocycles. The van der Waals surface area contributed by atoms with Crippen molar-refractivity contribution in [3.8, 4) is 5.75 Å². The Kier molecular flexibility index (Phi) is 4.27. The summed E-state index contributed by atoms with van der Waals surface area (Å²) >= 11 is 5.97. The fourth-order valence-corrected chi connectivity index (χ4v) is 2.11. The lowest BCUT2D eigenvalue weighted by Crippen LogP contribution is -2.03. The zero-order valence-corrected chi connectivity index (χ0v) is 11.6. The molecule has 4 heteroatoms. The summed E-state index contributed by atoms with van der Waals surface area (Å²) in [5.41, 5.74) is 2.39. The average Bonchev–Trinajstić information content (AvgIpc) is 2.38. The van der Waals surface area contributed by atoms with Crippen molar-refractivity contribution in [3.63, 3.8) is 0 Å². The van der Waals surface area contributed by atoms with Gasteiger partial charge in [0.15, 0.2) is 0 Å². The number of ether oxygens (including phenoxy) is 1. The third-order valence-corrected chi connectivity index (χ3v) is 3.28. The minimum absolute atomic E-state index is 0.301. The predicted molar refractivity (Wildman–Crippen MR) is 76.5 cm³/mol. The van der Waals surface area contributed by atoms with Crippen LogP contribution in [-0.2, 0) is 6.54 Å². The van der Waals surface area contributed by atoms with Gasteiger partial charge in [0.25, 0.3) is 0 Å². The van der Waals surface area contributed by atoms with E-state index in [1.807, 2.05) is 25.1 Å². The van der Waals surface area contributed by atoms with Gasteiger partial charge >= 0.3 is 0 Å². The number of anilines is 1. The largest absolute Gasteiger partial charge is 0.496 e. The molecular formula is C15H15ClFNO. The van der Waals surface area contributed by atoms with Gasteiger partial charge in [-0.25, -0.2) is 4.39 Å². The van der Waals surface area contributed by atoms with Crippen LogP contribution >= 0.6 is 11.6 Å². The molecule has 2 nitrogen and oxygen atoms in total. The van der Waals surface area contributed by atoms with Gasteiger partial charge in [-0.2, -0.15) is 0 Å². The smallest absolute Gasteiger partial charge is 0.129 e. The summed E-state index contributed by atoms with van der Waals surface area (Å²) in [6.07, 6.45) is 0. The first-order valence-corrected chi connectivity index (χ1v) is 6.31. The van der Waals surface area contributed by atoms with Crippen LogP contribution in [0.5, 0.6) is 5.75 Å². The van der Waals surface area contributed by atoms with Gasteiger partial charge in [0.05, 0.1) is 7.11 Å². The van der Waals surface area contributed by atoms with Gasteiger partial charge in [-0.15, -0.1) is 0 Å². The molecule has 100 valence electrons. The van der Waals surface area contributed by atoms with Crippen molar-refractivity contribution >= 4 is 17.3 Å². The van der Waals surface area contributed by atoms with Gasteiger partial charge < -0.3 is 10.1 Å². The third kappa shape index (κ3) is 3.18. The number of hydrogen-bond acceptors (Lipinski definition) is 2. The number of nitrogens with one attached hydrogen (secondary N) is 1. The molecule has 0 radical (unpaired) electrons. The summed E-state index contributed by atoms with van der Waals surface area (Å²) in [7, 11) is 1.63. The first-order valence-electron chi connectivity index (χ1n) is 5.93. The molecule has 0 bridgehead atoms. The lowest BCUT2D eigenvalue weighted by atomic mass is 10.1. The number of methoxy groups -OCH3 is 1. The van der Waals surface area contributed by atoms with Gasteiger partial charge in [0, 0.05) is 22.8 Å². The van der Waals surface area contributed by atoms with Crippen molar-refractivity contribution in [2.75, 3.05) is 12.4 Å². The maximum Gasteiger partial charge on any atom is 0.129 e. The molecule has 0 saturated heterocycles. The average molecular weight is 280 g/mol. The minimum Gasteiger partial charge on any atom is -0.496 e. The van der Waals surface area contributed by atoms with E-state index < -0.39 is 0 Å². The van der Waals surface area contributed by atoms with E-state index in [2.05, 4.69) is 5.32 Å². The van der Waals surface area contributed by atoms with E-state index in [4.69, 9.17) is 16.3 Å². The van der Waals surface area contributed by atoms with E-state index in [0.717, 1.165) is 17.0 Å². The number of hydrogen-bond donors (Lipinski definition) is 1. The molecular weight excluding hydrogens is 265 g/mol. The predicted octanol–water partition coefficient (Wildman–Crippen LogP) is 4.41. The highest BCUT2D eigenvalue weighted by Gasteiger charge is 2.07. The summed E-state index contributed by atoms with van der Waals surface area (Å²) in [5, 5.41) is 3.58. The van der Waals surface area contributed by atoms with E-state index in [1.54, 1.807) is 19.2 Å². The van der Waals surface area contributed by atoms with Gasteiger partial charge in [0.1, 0.15) is 11.6 Å². The van der Waals surface area contributed by atoms with Crippen molar-refractivity contribution in [1.82, 2.24) is 0 Å². The van der Waals surface area contributed by atoms with Crippen LogP contribution in [-0.4, -0.2) is 7.11 Å². The van der Waals surface area contributed by atoms with Crippen LogP contribution in [0.3, 0.4) is 0 Å². The van der Waals surface area contributed by atoms with Crippen LogP contribution < -0.4 is 10.1 Å². The van der Waals surface area contributed by atoms with Crippen LogP contribution in [0.2, 0.25) is 5.02 Å². The Labute approximate surface area is 117 Å². The zero-order chi connectivity index (χ0) is 13.8. The highest BCUT2D eigenvalue weighted by Crippen LogP contribution is 2.24. The SMILES string of the molecule is COc1ccc(NCc2c(F)cccc2Cl)cc1C. The maximum atomic E-state index is 13.6. The molecule has 0 heterocycles. The summed E-state index contributed by atoms with van der Waals surface area (Å²) < 4.78 is 18.8. The number of benzene rings is 2. The molecule has 0 atom stereocenters. The monoisotopic (exact) mass is 279 g/mol. The second kappa shape index (κ2) is 5.93. The molecule has 0 aliphatic heterocycles. The maximum absolute atomic E-state index is 13.6. The second-order valence-electron chi connectivity index (χ2n) is 4.24. The number of rotatable bonds is 4. The Hall–Kier alpha value is -1.74. The van der Waals surface area contributed by atoms with E-state index in [-0.39, 0.29) is 5.82 Å². The van der Waals surface area contributed by atoms with Crippen LogP contribution in [0.1, 0.15) is 11.1 Å². The fraction of sp³-hybridized carbons (Fsp3) is 0.200. The van der Waals surface area contributed by atoms with Crippen molar-refractivity contribution in [3.05, 3.63) is 58.4 Å². The van der Waals surface area contributed by atoms with Crippen molar-refractivity contribution in [2.45, 2.75) is 13.5 Å².